The molecule has 1 N–H and O–H groups in total. The van der Waals surface area contributed by atoms with Crippen molar-refractivity contribution in [1.29, 1.82) is 0 Å². The van der Waals surface area contributed by atoms with Gasteiger partial charge in [0.1, 0.15) is 12.4 Å². The molecule has 0 saturated carbocycles. The molecule has 6 heteroatoms. The minimum atomic E-state index is -2.59. The first kappa shape index (κ1) is 16.2. The van der Waals surface area contributed by atoms with Gasteiger partial charge in [-0.25, -0.2) is 13.6 Å². The molecule has 4 nitrogen and oxygen atoms in total. The van der Waals surface area contributed by atoms with Gasteiger partial charge in [0.15, 0.2) is 0 Å². The lowest BCUT2D eigenvalue weighted by molar-refractivity contribution is 0.137. The van der Waals surface area contributed by atoms with Crippen molar-refractivity contribution < 1.29 is 23.4 Å². The summed E-state index contributed by atoms with van der Waals surface area (Å²) in [5.41, 5.74) is 2.22. The van der Waals surface area contributed by atoms with Gasteiger partial charge in [0.25, 0.3) is 6.43 Å². The van der Waals surface area contributed by atoms with Gasteiger partial charge in [-0.2, -0.15) is 0 Å². The zero-order valence-corrected chi connectivity index (χ0v) is 12.9. The van der Waals surface area contributed by atoms with Crippen LogP contribution in [0.15, 0.2) is 42.5 Å². The van der Waals surface area contributed by atoms with Crippen LogP contribution in [0.4, 0.5) is 13.6 Å². The van der Waals surface area contributed by atoms with Gasteiger partial charge in [-0.1, -0.05) is 30.3 Å². The number of ether oxygens (including phenoxy) is 1. The third-order valence-corrected chi connectivity index (χ3v) is 4.08. The standard InChI is InChI=1S/C18H17F2NO3/c19-17(20)14-8-13-6-7-21(18(22)23)10-15(13)16(9-14)24-11-12-4-2-1-3-5-12/h1-5,8-9,17H,6-7,10-11H2,(H,22,23). The minimum Gasteiger partial charge on any atom is -0.489 e. The number of nitrogens with zero attached hydrogens (tertiary/aromatic N) is 1. The lowest BCUT2D eigenvalue weighted by Gasteiger charge is -2.28. The topological polar surface area (TPSA) is 49.8 Å². The molecular weight excluding hydrogens is 316 g/mol. The number of hydrogen-bond donors (Lipinski definition) is 1. The van der Waals surface area contributed by atoms with E-state index in [1.54, 1.807) is 0 Å². The number of carboxylic acid groups (broad SMARTS) is 1. The van der Waals surface area contributed by atoms with Crippen molar-refractivity contribution >= 4 is 6.09 Å². The molecule has 0 spiro atoms. The van der Waals surface area contributed by atoms with E-state index in [1.807, 2.05) is 30.3 Å². The van der Waals surface area contributed by atoms with E-state index in [0.29, 0.717) is 24.3 Å². The van der Waals surface area contributed by atoms with Crippen LogP contribution < -0.4 is 4.74 Å². The zero-order valence-electron chi connectivity index (χ0n) is 12.9. The van der Waals surface area contributed by atoms with Crippen molar-refractivity contribution in [1.82, 2.24) is 4.90 Å². The quantitative estimate of drug-likeness (QED) is 0.910. The van der Waals surface area contributed by atoms with Crippen LogP contribution in [0, 0.1) is 0 Å². The Balaban J connectivity index is 1.90. The van der Waals surface area contributed by atoms with E-state index in [2.05, 4.69) is 0 Å². The predicted molar refractivity (Wildman–Crippen MR) is 84.3 cm³/mol. The number of alkyl halides is 2. The number of amides is 1. The summed E-state index contributed by atoms with van der Waals surface area (Å²) >= 11 is 0. The second-order valence-corrected chi connectivity index (χ2v) is 5.69. The van der Waals surface area contributed by atoms with E-state index < -0.39 is 12.5 Å². The highest BCUT2D eigenvalue weighted by Crippen LogP contribution is 2.34. The second-order valence-electron chi connectivity index (χ2n) is 5.69. The van der Waals surface area contributed by atoms with E-state index in [9.17, 15) is 18.7 Å². The Kier molecular flexibility index (Phi) is 4.64. The molecule has 2 aromatic carbocycles. The lowest BCUT2D eigenvalue weighted by atomic mass is 9.96. The normalized spacial score (nSPS) is 13.7. The molecule has 3 rings (SSSR count). The largest absolute Gasteiger partial charge is 0.489 e. The average molecular weight is 333 g/mol. The maximum atomic E-state index is 13.1. The fourth-order valence-electron chi connectivity index (χ4n) is 2.81. The molecule has 2 aromatic rings. The molecule has 0 bridgehead atoms. The van der Waals surface area contributed by atoms with Crippen LogP contribution in [0.1, 0.15) is 28.7 Å². The third-order valence-electron chi connectivity index (χ3n) is 4.08. The van der Waals surface area contributed by atoms with Gasteiger partial charge < -0.3 is 14.7 Å². The summed E-state index contributed by atoms with van der Waals surface area (Å²) in [6.07, 6.45) is -3.20. The number of halogens is 2. The van der Waals surface area contributed by atoms with E-state index in [0.717, 1.165) is 11.1 Å². The van der Waals surface area contributed by atoms with Gasteiger partial charge >= 0.3 is 6.09 Å². The van der Waals surface area contributed by atoms with Crippen molar-refractivity contribution in [3.05, 3.63) is 64.7 Å². The summed E-state index contributed by atoms with van der Waals surface area (Å²) in [4.78, 5) is 12.5. The Morgan fingerprint density at radius 2 is 2.00 bits per heavy atom. The molecule has 126 valence electrons. The van der Waals surface area contributed by atoms with E-state index in [1.165, 1.54) is 17.0 Å². The van der Waals surface area contributed by atoms with Gasteiger partial charge in [0.05, 0.1) is 6.54 Å². The van der Waals surface area contributed by atoms with Crippen LogP contribution in [0.25, 0.3) is 0 Å². The first-order valence-electron chi connectivity index (χ1n) is 7.63. The van der Waals surface area contributed by atoms with Gasteiger partial charge in [0.2, 0.25) is 0 Å². The highest BCUT2D eigenvalue weighted by Gasteiger charge is 2.25. The summed E-state index contributed by atoms with van der Waals surface area (Å²) in [5, 5.41) is 9.17. The van der Waals surface area contributed by atoms with Crippen molar-refractivity contribution in [3.8, 4) is 5.75 Å². The predicted octanol–water partition coefficient (Wildman–Crippen LogP) is 4.24. The Morgan fingerprint density at radius 1 is 1.25 bits per heavy atom. The van der Waals surface area contributed by atoms with Gasteiger partial charge in [-0.05, 0) is 29.7 Å². The van der Waals surface area contributed by atoms with Gasteiger partial charge in [-0.15, -0.1) is 0 Å². The first-order valence-corrected chi connectivity index (χ1v) is 7.63. The maximum absolute atomic E-state index is 13.1. The van der Waals surface area contributed by atoms with E-state index in [-0.39, 0.29) is 18.7 Å². The Morgan fingerprint density at radius 3 is 2.67 bits per heavy atom. The fourth-order valence-corrected chi connectivity index (χ4v) is 2.81. The first-order chi connectivity index (χ1) is 11.5. The molecule has 0 aliphatic carbocycles. The fraction of sp³-hybridized carbons (Fsp3) is 0.278. The SMILES string of the molecule is O=C(O)N1CCc2cc(C(F)F)cc(OCc3ccccc3)c2C1. The van der Waals surface area contributed by atoms with Crippen LogP contribution in [0.3, 0.4) is 0 Å². The molecule has 1 aliphatic rings. The number of fused-ring (bicyclic) bond motifs is 1. The molecule has 0 unspecified atom stereocenters. The van der Waals surface area contributed by atoms with Crippen molar-refractivity contribution in [3.63, 3.8) is 0 Å². The van der Waals surface area contributed by atoms with E-state index in [4.69, 9.17) is 4.74 Å². The summed E-state index contributed by atoms with van der Waals surface area (Å²) < 4.78 is 32.0. The van der Waals surface area contributed by atoms with Crippen LogP contribution in [-0.2, 0) is 19.6 Å². The van der Waals surface area contributed by atoms with E-state index >= 15 is 0 Å². The number of rotatable bonds is 4. The zero-order chi connectivity index (χ0) is 17.1. The van der Waals surface area contributed by atoms with Crippen LogP contribution in [0.5, 0.6) is 5.75 Å². The molecule has 24 heavy (non-hydrogen) atoms. The van der Waals surface area contributed by atoms with Crippen molar-refractivity contribution in [2.24, 2.45) is 0 Å². The monoisotopic (exact) mass is 333 g/mol. The smallest absolute Gasteiger partial charge is 0.407 e. The molecule has 0 atom stereocenters. The Labute approximate surface area is 138 Å². The molecule has 0 aromatic heterocycles. The summed E-state index contributed by atoms with van der Waals surface area (Å²) in [6.45, 7) is 0.693. The molecule has 1 aliphatic heterocycles. The Hall–Kier alpha value is -2.63. The molecular formula is C18H17F2NO3. The third kappa shape index (κ3) is 3.48. The number of hydrogen-bond acceptors (Lipinski definition) is 2. The van der Waals surface area contributed by atoms with Crippen LogP contribution in [0.2, 0.25) is 0 Å². The minimum absolute atomic E-state index is 0.0967. The van der Waals surface area contributed by atoms with Crippen molar-refractivity contribution in [2.75, 3.05) is 6.54 Å². The molecule has 1 heterocycles. The van der Waals surface area contributed by atoms with Crippen molar-refractivity contribution in [2.45, 2.75) is 26.0 Å². The molecule has 0 saturated heterocycles. The van der Waals surface area contributed by atoms with Crippen LogP contribution >= 0.6 is 0 Å². The van der Waals surface area contributed by atoms with Gasteiger partial charge in [0, 0.05) is 17.7 Å². The van der Waals surface area contributed by atoms with Crippen LogP contribution in [-0.4, -0.2) is 22.6 Å². The number of carbonyl (C=O) groups is 1. The van der Waals surface area contributed by atoms with Gasteiger partial charge in [-0.3, -0.25) is 0 Å². The second kappa shape index (κ2) is 6.86. The molecule has 0 fully saturated rings. The average Bonchev–Trinajstić information content (AvgIpc) is 2.59. The maximum Gasteiger partial charge on any atom is 0.407 e. The Bertz CT molecular complexity index is 735. The highest BCUT2D eigenvalue weighted by molar-refractivity contribution is 5.66. The number of benzene rings is 2. The summed E-state index contributed by atoms with van der Waals surface area (Å²) in [7, 11) is 0. The summed E-state index contributed by atoms with van der Waals surface area (Å²) in [5.74, 6) is 0.331. The molecule has 0 radical (unpaired) electrons. The lowest BCUT2D eigenvalue weighted by Crippen LogP contribution is -2.35. The highest BCUT2D eigenvalue weighted by atomic mass is 19.3. The summed E-state index contributed by atoms with van der Waals surface area (Å²) in [6, 6.07) is 12.2. The molecule has 1 amide bonds.